The molecule has 0 aliphatic rings. The fourth-order valence-corrected chi connectivity index (χ4v) is 4.29. The minimum Gasteiger partial charge on any atom is -0.310 e. The summed E-state index contributed by atoms with van der Waals surface area (Å²) in [6.45, 7) is 7.94. The highest BCUT2D eigenvalue weighted by molar-refractivity contribution is 6.38. The van der Waals surface area contributed by atoms with Crippen molar-refractivity contribution in [1.29, 1.82) is 0 Å². The average Bonchev–Trinajstić information content (AvgIpc) is 3.03. The molecule has 0 radical (unpaired) electrons. The molecule has 0 unspecified atom stereocenters. The van der Waals surface area contributed by atoms with E-state index < -0.39 is 0 Å². The largest absolute Gasteiger partial charge is 0.310 e. The molecule has 7 heteroatoms. The molecule has 0 spiro atoms. The molecule has 2 heterocycles. The van der Waals surface area contributed by atoms with Crippen LogP contribution in [0.4, 0.5) is 0 Å². The Morgan fingerprint density at radius 3 is 2.27 bits per heavy atom. The van der Waals surface area contributed by atoms with Gasteiger partial charge in [-0.3, -0.25) is 4.79 Å². The third kappa shape index (κ3) is 3.75. The van der Waals surface area contributed by atoms with Crippen LogP contribution in [0.2, 0.25) is 10.0 Å². The molecule has 2 aromatic heterocycles. The molecule has 30 heavy (non-hydrogen) atoms. The maximum Gasteiger partial charge on any atom is 0.262 e. The molecule has 0 amide bonds. The summed E-state index contributed by atoms with van der Waals surface area (Å²) in [7, 11) is 0. The second-order valence-electron chi connectivity index (χ2n) is 7.90. The van der Waals surface area contributed by atoms with Gasteiger partial charge in [-0.2, -0.15) is 5.10 Å². The third-order valence-corrected chi connectivity index (χ3v) is 5.60. The van der Waals surface area contributed by atoms with Gasteiger partial charge < -0.3 is 4.98 Å². The number of H-pyrrole nitrogens is 1. The maximum absolute atomic E-state index is 13.0. The Hall–Kier alpha value is -2.63. The standard InChI is InChI=1S/C23H22Cl2N4O/c1-12(2)20-19-22(29(28-20)21-16(24)9-14(4)10-17(21)25)26-18(27-23(19)30)11-15-7-5-13(3)6-8-15/h5-10,12H,11H2,1-4H3,(H,26,27,30). The molecule has 0 saturated carbocycles. The van der Waals surface area contributed by atoms with Crippen LogP contribution >= 0.6 is 23.2 Å². The first-order chi connectivity index (χ1) is 14.2. The van der Waals surface area contributed by atoms with E-state index in [1.807, 2.05) is 64.1 Å². The Labute approximate surface area is 184 Å². The maximum atomic E-state index is 13.0. The molecule has 0 bridgehead atoms. The lowest BCUT2D eigenvalue weighted by atomic mass is 10.1. The molecular weight excluding hydrogens is 419 g/mol. The zero-order valence-corrected chi connectivity index (χ0v) is 18.8. The van der Waals surface area contributed by atoms with E-state index in [1.165, 1.54) is 5.56 Å². The number of benzene rings is 2. The lowest BCUT2D eigenvalue weighted by Crippen LogP contribution is -2.14. The second-order valence-corrected chi connectivity index (χ2v) is 8.72. The molecule has 4 rings (SSSR count). The van der Waals surface area contributed by atoms with Crippen LogP contribution in [0.3, 0.4) is 0 Å². The molecule has 0 aliphatic carbocycles. The number of hydrogen-bond acceptors (Lipinski definition) is 3. The van der Waals surface area contributed by atoms with E-state index >= 15 is 0 Å². The highest BCUT2D eigenvalue weighted by Crippen LogP contribution is 2.33. The van der Waals surface area contributed by atoms with Gasteiger partial charge in [0.2, 0.25) is 0 Å². The SMILES string of the molecule is Cc1ccc(Cc2nc3c(c(C(C)C)nn3-c3c(Cl)cc(C)cc3Cl)c(=O)[nH]2)cc1. The Morgan fingerprint density at radius 1 is 1.03 bits per heavy atom. The van der Waals surface area contributed by atoms with Gasteiger partial charge in [0.05, 0.1) is 15.7 Å². The highest BCUT2D eigenvalue weighted by atomic mass is 35.5. The second kappa shape index (κ2) is 7.89. The van der Waals surface area contributed by atoms with Gasteiger partial charge in [0.1, 0.15) is 16.9 Å². The van der Waals surface area contributed by atoms with Crippen molar-refractivity contribution in [3.05, 3.63) is 85.0 Å². The zero-order valence-electron chi connectivity index (χ0n) is 17.3. The highest BCUT2D eigenvalue weighted by Gasteiger charge is 2.22. The lowest BCUT2D eigenvalue weighted by molar-refractivity contribution is 0.776. The van der Waals surface area contributed by atoms with E-state index in [1.54, 1.807) is 4.68 Å². The van der Waals surface area contributed by atoms with Crippen LogP contribution in [0.15, 0.2) is 41.2 Å². The van der Waals surface area contributed by atoms with Crippen molar-refractivity contribution >= 4 is 34.2 Å². The normalized spacial score (nSPS) is 11.6. The monoisotopic (exact) mass is 440 g/mol. The summed E-state index contributed by atoms with van der Waals surface area (Å²) >= 11 is 13.0. The molecule has 2 aromatic carbocycles. The van der Waals surface area contributed by atoms with Crippen molar-refractivity contribution in [2.45, 2.75) is 40.0 Å². The number of rotatable bonds is 4. The van der Waals surface area contributed by atoms with Crippen molar-refractivity contribution in [3.63, 3.8) is 0 Å². The van der Waals surface area contributed by atoms with E-state index in [-0.39, 0.29) is 11.5 Å². The van der Waals surface area contributed by atoms with Gasteiger partial charge in [0.15, 0.2) is 5.65 Å². The smallest absolute Gasteiger partial charge is 0.262 e. The summed E-state index contributed by atoms with van der Waals surface area (Å²) in [4.78, 5) is 20.7. The molecule has 154 valence electrons. The molecular formula is C23H22Cl2N4O. The number of aromatic amines is 1. The Morgan fingerprint density at radius 2 is 1.67 bits per heavy atom. The fraction of sp³-hybridized carbons (Fsp3) is 0.261. The van der Waals surface area contributed by atoms with Crippen LogP contribution in [0, 0.1) is 13.8 Å². The van der Waals surface area contributed by atoms with E-state index in [9.17, 15) is 4.79 Å². The van der Waals surface area contributed by atoms with Crippen LogP contribution in [-0.4, -0.2) is 19.7 Å². The number of halogens is 2. The summed E-state index contributed by atoms with van der Waals surface area (Å²) in [5.41, 5.74) is 4.62. The number of fused-ring (bicyclic) bond motifs is 1. The number of aromatic nitrogens is 4. The molecule has 4 aromatic rings. The van der Waals surface area contributed by atoms with Gasteiger partial charge in [0, 0.05) is 6.42 Å². The molecule has 0 aliphatic heterocycles. The van der Waals surface area contributed by atoms with Crippen molar-refractivity contribution < 1.29 is 0 Å². The minimum absolute atomic E-state index is 0.0302. The topological polar surface area (TPSA) is 63.6 Å². The van der Waals surface area contributed by atoms with Gasteiger partial charge >= 0.3 is 0 Å². The average molecular weight is 441 g/mol. The van der Waals surface area contributed by atoms with Gasteiger partial charge in [-0.25, -0.2) is 9.67 Å². The van der Waals surface area contributed by atoms with E-state index in [2.05, 4.69) is 4.98 Å². The van der Waals surface area contributed by atoms with Gasteiger partial charge in [-0.05, 0) is 43.0 Å². The predicted octanol–water partition coefficient (Wildman–Crippen LogP) is 5.75. The van der Waals surface area contributed by atoms with Crippen LogP contribution in [0.25, 0.3) is 16.7 Å². The molecule has 0 fully saturated rings. The van der Waals surface area contributed by atoms with Crippen LogP contribution in [-0.2, 0) is 6.42 Å². The predicted molar refractivity (Wildman–Crippen MR) is 122 cm³/mol. The summed E-state index contributed by atoms with van der Waals surface area (Å²) in [5, 5.41) is 6.08. The Bertz CT molecular complexity index is 1280. The molecule has 1 N–H and O–H groups in total. The van der Waals surface area contributed by atoms with Crippen molar-refractivity contribution in [3.8, 4) is 5.69 Å². The van der Waals surface area contributed by atoms with E-state index in [4.69, 9.17) is 33.3 Å². The number of nitrogens with zero attached hydrogens (tertiary/aromatic N) is 3. The first-order valence-electron chi connectivity index (χ1n) is 9.78. The number of hydrogen-bond donors (Lipinski definition) is 1. The van der Waals surface area contributed by atoms with Crippen LogP contribution < -0.4 is 5.56 Å². The summed E-state index contributed by atoms with van der Waals surface area (Å²) in [5.74, 6) is 0.592. The molecule has 5 nitrogen and oxygen atoms in total. The third-order valence-electron chi connectivity index (χ3n) is 5.03. The number of aryl methyl sites for hydroxylation is 2. The van der Waals surface area contributed by atoms with Crippen LogP contribution in [0.1, 0.15) is 48.0 Å². The summed E-state index contributed by atoms with van der Waals surface area (Å²) < 4.78 is 1.60. The van der Waals surface area contributed by atoms with Gasteiger partial charge in [-0.1, -0.05) is 66.9 Å². The Kier molecular flexibility index (Phi) is 5.43. The van der Waals surface area contributed by atoms with E-state index in [0.717, 1.165) is 11.1 Å². The fourth-order valence-electron chi connectivity index (χ4n) is 3.53. The van der Waals surface area contributed by atoms with Crippen molar-refractivity contribution in [1.82, 2.24) is 19.7 Å². The van der Waals surface area contributed by atoms with E-state index in [0.29, 0.717) is 44.7 Å². The van der Waals surface area contributed by atoms with Crippen LogP contribution in [0.5, 0.6) is 0 Å². The first kappa shape index (κ1) is 20.6. The molecule has 0 atom stereocenters. The van der Waals surface area contributed by atoms with Crippen molar-refractivity contribution in [2.75, 3.05) is 0 Å². The lowest BCUT2D eigenvalue weighted by Gasteiger charge is -2.10. The summed E-state index contributed by atoms with van der Waals surface area (Å²) in [6.07, 6.45) is 0.503. The van der Waals surface area contributed by atoms with Gasteiger partial charge in [-0.15, -0.1) is 0 Å². The Balaban J connectivity index is 1.96. The minimum atomic E-state index is -0.212. The van der Waals surface area contributed by atoms with Crippen molar-refractivity contribution in [2.24, 2.45) is 0 Å². The first-order valence-corrected chi connectivity index (χ1v) is 10.5. The van der Waals surface area contributed by atoms with Gasteiger partial charge in [0.25, 0.3) is 5.56 Å². The zero-order chi connectivity index (χ0) is 21.6. The summed E-state index contributed by atoms with van der Waals surface area (Å²) in [6, 6.07) is 11.8. The quantitative estimate of drug-likeness (QED) is 0.439. The number of nitrogens with one attached hydrogen (secondary N) is 1. The molecule has 0 saturated heterocycles.